The lowest BCUT2D eigenvalue weighted by Crippen LogP contribution is -2.35. The van der Waals surface area contributed by atoms with Crippen LogP contribution in [0.15, 0.2) is 18.2 Å². The zero-order valence-electron chi connectivity index (χ0n) is 11.9. The first kappa shape index (κ1) is 13.4. The molecule has 0 aromatic heterocycles. The van der Waals surface area contributed by atoms with E-state index in [9.17, 15) is 4.39 Å². The second-order valence-electron chi connectivity index (χ2n) is 6.74. The fraction of sp³-hybridized carbons (Fsp3) is 0.625. The van der Waals surface area contributed by atoms with Crippen LogP contribution in [-0.2, 0) is 0 Å². The lowest BCUT2D eigenvalue weighted by molar-refractivity contribution is 0.177. The van der Waals surface area contributed by atoms with Crippen LogP contribution < -0.4 is 5.32 Å². The molecule has 2 heteroatoms. The molecule has 1 fully saturated rings. The molecule has 2 unspecified atom stereocenters. The third kappa shape index (κ3) is 3.24. The van der Waals surface area contributed by atoms with Gasteiger partial charge in [-0.1, -0.05) is 26.8 Å². The first-order valence-electron chi connectivity index (χ1n) is 6.88. The van der Waals surface area contributed by atoms with E-state index in [4.69, 9.17) is 0 Å². The summed E-state index contributed by atoms with van der Waals surface area (Å²) in [6.45, 7) is 8.82. The normalized spacial score (nSPS) is 26.9. The van der Waals surface area contributed by atoms with Gasteiger partial charge in [0.1, 0.15) is 5.82 Å². The second kappa shape index (κ2) is 4.91. The molecule has 1 saturated carbocycles. The lowest BCUT2D eigenvalue weighted by atomic mass is 9.70. The summed E-state index contributed by atoms with van der Waals surface area (Å²) >= 11 is 0. The lowest BCUT2D eigenvalue weighted by Gasteiger charge is -2.39. The number of benzene rings is 1. The molecular weight excluding hydrogens is 225 g/mol. The van der Waals surface area contributed by atoms with Gasteiger partial charge in [-0.25, -0.2) is 4.39 Å². The fourth-order valence-corrected chi connectivity index (χ4v) is 3.41. The molecule has 1 aliphatic carbocycles. The van der Waals surface area contributed by atoms with Crippen LogP contribution in [0.5, 0.6) is 0 Å². The molecule has 1 aliphatic rings. The van der Waals surface area contributed by atoms with E-state index < -0.39 is 0 Å². The van der Waals surface area contributed by atoms with E-state index in [1.165, 1.54) is 6.42 Å². The molecule has 1 aromatic carbocycles. The van der Waals surface area contributed by atoms with Gasteiger partial charge in [0, 0.05) is 6.04 Å². The van der Waals surface area contributed by atoms with E-state index in [-0.39, 0.29) is 5.82 Å². The van der Waals surface area contributed by atoms with Gasteiger partial charge in [-0.15, -0.1) is 0 Å². The third-order valence-corrected chi connectivity index (χ3v) is 3.87. The Morgan fingerprint density at radius 3 is 2.61 bits per heavy atom. The maximum atomic E-state index is 13.8. The molecule has 1 nitrogen and oxygen atoms in total. The Bertz CT molecular complexity index is 425. The maximum absolute atomic E-state index is 13.8. The third-order valence-electron chi connectivity index (χ3n) is 3.87. The van der Waals surface area contributed by atoms with Crippen LogP contribution in [0, 0.1) is 24.1 Å². The number of aryl methyl sites for hydroxylation is 1. The highest BCUT2D eigenvalue weighted by molar-refractivity contribution is 5.47. The quantitative estimate of drug-likeness (QED) is 0.796. The Balaban J connectivity index is 2.09. The van der Waals surface area contributed by atoms with Crippen molar-refractivity contribution in [3.63, 3.8) is 0 Å². The van der Waals surface area contributed by atoms with Gasteiger partial charge < -0.3 is 5.32 Å². The topological polar surface area (TPSA) is 12.0 Å². The Morgan fingerprint density at radius 2 is 2.00 bits per heavy atom. The van der Waals surface area contributed by atoms with E-state index in [0.717, 1.165) is 18.4 Å². The Labute approximate surface area is 110 Å². The van der Waals surface area contributed by atoms with Gasteiger partial charge >= 0.3 is 0 Å². The molecule has 0 aliphatic heterocycles. The van der Waals surface area contributed by atoms with Crippen LogP contribution in [0.4, 0.5) is 10.1 Å². The molecular formula is C16H24FN. The zero-order chi connectivity index (χ0) is 13.3. The van der Waals surface area contributed by atoms with Gasteiger partial charge in [0.25, 0.3) is 0 Å². The Hall–Kier alpha value is -1.05. The van der Waals surface area contributed by atoms with E-state index in [1.54, 1.807) is 6.07 Å². The smallest absolute Gasteiger partial charge is 0.146 e. The number of hydrogen-bond acceptors (Lipinski definition) is 1. The fourth-order valence-electron chi connectivity index (χ4n) is 3.41. The molecule has 2 atom stereocenters. The molecule has 2 rings (SSSR count). The van der Waals surface area contributed by atoms with Crippen molar-refractivity contribution in [3.8, 4) is 0 Å². The number of halogens is 1. The molecule has 0 amide bonds. The zero-order valence-corrected chi connectivity index (χ0v) is 11.9. The summed E-state index contributed by atoms with van der Waals surface area (Å²) in [4.78, 5) is 0. The van der Waals surface area contributed by atoms with Crippen molar-refractivity contribution in [1.29, 1.82) is 0 Å². The molecule has 0 heterocycles. The van der Waals surface area contributed by atoms with Crippen molar-refractivity contribution in [2.75, 3.05) is 5.32 Å². The largest absolute Gasteiger partial charge is 0.380 e. The predicted molar refractivity (Wildman–Crippen MR) is 75.3 cm³/mol. The van der Waals surface area contributed by atoms with Gasteiger partial charge in [-0.05, 0) is 55.2 Å². The van der Waals surface area contributed by atoms with Gasteiger partial charge in [0.05, 0.1) is 5.69 Å². The minimum atomic E-state index is -0.133. The van der Waals surface area contributed by atoms with Crippen LogP contribution in [0.3, 0.4) is 0 Å². The van der Waals surface area contributed by atoms with Crippen molar-refractivity contribution in [2.45, 2.75) is 53.0 Å². The molecule has 0 radical (unpaired) electrons. The Kier molecular flexibility index (Phi) is 3.65. The average Bonchev–Trinajstić information content (AvgIpc) is 2.19. The molecule has 100 valence electrons. The monoisotopic (exact) mass is 249 g/mol. The van der Waals surface area contributed by atoms with Crippen molar-refractivity contribution in [1.82, 2.24) is 0 Å². The summed E-state index contributed by atoms with van der Waals surface area (Å²) < 4.78 is 13.8. The summed E-state index contributed by atoms with van der Waals surface area (Å²) in [6, 6.07) is 5.81. The van der Waals surface area contributed by atoms with Crippen molar-refractivity contribution in [3.05, 3.63) is 29.6 Å². The highest BCUT2D eigenvalue weighted by atomic mass is 19.1. The SMILES string of the molecule is Cc1ccc(NC2CC(C)CC(C)(C)C2)c(F)c1. The molecule has 1 N–H and O–H groups in total. The van der Waals surface area contributed by atoms with E-state index >= 15 is 0 Å². The average molecular weight is 249 g/mol. The Morgan fingerprint density at radius 1 is 1.28 bits per heavy atom. The van der Waals surface area contributed by atoms with Crippen LogP contribution in [0.1, 0.15) is 45.6 Å². The van der Waals surface area contributed by atoms with Crippen LogP contribution in [0.25, 0.3) is 0 Å². The molecule has 18 heavy (non-hydrogen) atoms. The minimum Gasteiger partial charge on any atom is -0.380 e. The van der Waals surface area contributed by atoms with Crippen molar-refractivity contribution in [2.24, 2.45) is 11.3 Å². The summed E-state index contributed by atoms with van der Waals surface area (Å²) in [5, 5.41) is 3.39. The molecule has 0 saturated heterocycles. The summed E-state index contributed by atoms with van der Waals surface area (Å²) in [5.74, 6) is 0.575. The number of rotatable bonds is 2. The number of nitrogens with one attached hydrogen (secondary N) is 1. The van der Waals surface area contributed by atoms with E-state index in [1.807, 2.05) is 19.1 Å². The summed E-state index contributed by atoms with van der Waals surface area (Å²) in [6.07, 6.45) is 3.52. The molecule has 1 aromatic rings. The van der Waals surface area contributed by atoms with Crippen LogP contribution in [0.2, 0.25) is 0 Å². The van der Waals surface area contributed by atoms with E-state index in [2.05, 4.69) is 26.1 Å². The highest BCUT2D eigenvalue weighted by Gasteiger charge is 2.32. The number of hydrogen-bond donors (Lipinski definition) is 1. The van der Waals surface area contributed by atoms with Crippen LogP contribution in [-0.4, -0.2) is 6.04 Å². The first-order valence-corrected chi connectivity index (χ1v) is 6.88. The van der Waals surface area contributed by atoms with E-state index in [0.29, 0.717) is 23.1 Å². The van der Waals surface area contributed by atoms with Gasteiger partial charge in [-0.2, -0.15) is 0 Å². The first-order chi connectivity index (χ1) is 8.35. The van der Waals surface area contributed by atoms with Crippen molar-refractivity contribution < 1.29 is 4.39 Å². The van der Waals surface area contributed by atoms with Gasteiger partial charge in [-0.3, -0.25) is 0 Å². The number of anilines is 1. The van der Waals surface area contributed by atoms with Gasteiger partial charge in [0.15, 0.2) is 0 Å². The maximum Gasteiger partial charge on any atom is 0.146 e. The van der Waals surface area contributed by atoms with Crippen molar-refractivity contribution >= 4 is 5.69 Å². The van der Waals surface area contributed by atoms with Gasteiger partial charge in [0.2, 0.25) is 0 Å². The summed E-state index contributed by atoms with van der Waals surface area (Å²) in [5.41, 5.74) is 1.97. The molecule has 0 spiro atoms. The summed E-state index contributed by atoms with van der Waals surface area (Å²) in [7, 11) is 0. The second-order valence-corrected chi connectivity index (χ2v) is 6.74. The standard InChI is InChI=1S/C16H24FN/c1-11-5-6-15(14(17)8-11)18-13-7-12(2)9-16(3,4)10-13/h5-6,8,12-13,18H,7,9-10H2,1-4H3. The van der Waals surface area contributed by atoms with Crippen LogP contribution >= 0.6 is 0 Å². The minimum absolute atomic E-state index is 0.133. The predicted octanol–water partition coefficient (Wildman–Crippen LogP) is 4.76. The highest BCUT2D eigenvalue weighted by Crippen LogP contribution is 2.39. The molecule has 0 bridgehead atoms.